The molecule has 4 nitrogen and oxygen atoms in total. The second-order valence-electron chi connectivity index (χ2n) is 4.42. The van der Waals surface area contributed by atoms with E-state index in [1.165, 1.54) is 6.07 Å². The topological polar surface area (TPSA) is 78.9 Å². The smallest absolute Gasteiger partial charge is 0.258 e. The summed E-state index contributed by atoms with van der Waals surface area (Å²) in [7, 11) is 0. The van der Waals surface area contributed by atoms with Crippen molar-refractivity contribution in [3.63, 3.8) is 0 Å². The molecule has 0 unspecified atom stereocenters. The van der Waals surface area contributed by atoms with Gasteiger partial charge in [0.25, 0.3) is 5.91 Å². The first kappa shape index (κ1) is 14.5. The van der Waals surface area contributed by atoms with E-state index in [2.05, 4.69) is 5.32 Å². The molecule has 2 aromatic rings. The first-order chi connectivity index (χ1) is 9.93. The number of rotatable bonds is 2. The number of amides is 1. The van der Waals surface area contributed by atoms with E-state index in [-0.39, 0.29) is 11.3 Å². The number of anilines is 2. The summed E-state index contributed by atoms with van der Waals surface area (Å²) in [4.78, 5) is 12.0. The number of carbonyl (C=O) groups excluding carboxylic acids is 1. The van der Waals surface area contributed by atoms with Crippen LogP contribution in [0.1, 0.15) is 21.5 Å². The highest BCUT2D eigenvalue weighted by Crippen LogP contribution is 2.22. The molecule has 0 atom stereocenters. The molecule has 2 rings (SSSR count). The fourth-order valence-corrected chi connectivity index (χ4v) is 1.89. The molecule has 0 saturated heterocycles. The number of hydrogen-bond donors (Lipinski definition) is 2. The molecular weight excluding hydrogens is 276 g/mol. The molecule has 21 heavy (non-hydrogen) atoms. The maximum absolute atomic E-state index is 13.8. The lowest BCUT2D eigenvalue weighted by Crippen LogP contribution is -2.16. The van der Waals surface area contributed by atoms with Gasteiger partial charge in [-0.05, 0) is 30.7 Å². The highest BCUT2D eigenvalue weighted by molar-refractivity contribution is 6.05. The molecule has 0 radical (unpaired) electrons. The van der Waals surface area contributed by atoms with Gasteiger partial charge in [-0.15, -0.1) is 0 Å². The Labute approximate surface area is 119 Å². The van der Waals surface area contributed by atoms with E-state index in [0.29, 0.717) is 5.56 Å². The monoisotopic (exact) mass is 287 g/mol. The van der Waals surface area contributed by atoms with Crippen LogP contribution in [0.25, 0.3) is 0 Å². The Kier molecular flexibility index (Phi) is 3.85. The zero-order valence-electron chi connectivity index (χ0n) is 11.1. The number of halogens is 2. The molecule has 0 aliphatic carbocycles. The van der Waals surface area contributed by atoms with Crippen molar-refractivity contribution < 1.29 is 13.6 Å². The average molecular weight is 287 g/mol. The second-order valence-corrected chi connectivity index (χ2v) is 4.42. The summed E-state index contributed by atoms with van der Waals surface area (Å²) in [6.07, 6.45) is 0. The number of nitrogens with two attached hydrogens (primary N) is 1. The summed E-state index contributed by atoms with van der Waals surface area (Å²) in [6.45, 7) is 1.70. The predicted molar refractivity (Wildman–Crippen MR) is 74.6 cm³/mol. The van der Waals surface area contributed by atoms with Crippen molar-refractivity contribution in [2.75, 3.05) is 11.1 Å². The Morgan fingerprint density at radius 2 is 2.05 bits per heavy atom. The molecule has 0 fully saturated rings. The quantitative estimate of drug-likeness (QED) is 0.833. The van der Waals surface area contributed by atoms with Crippen LogP contribution in [0.3, 0.4) is 0 Å². The standard InChI is InChI=1S/C15H11F2N3O/c1-8-3-2-4-13(11(8)7-18)20-15(21)10-5-9(16)6-12(19)14(10)17/h2-6H,19H2,1H3,(H,20,21). The van der Waals surface area contributed by atoms with Crippen molar-refractivity contribution in [3.8, 4) is 6.07 Å². The molecule has 106 valence electrons. The van der Waals surface area contributed by atoms with Crippen LogP contribution in [0.5, 0.6) is 0 Å². The summed E-state index contributed by atoms with van der Waals surface area (Å²) in [5, 5.41) is 11.5. The lowest BCUT2D eigenvalue weighted by Gasteiger charge is -2.10. The highest BCUT2D eigenvalue weighted by atomic mass is 19.1. The fourth-order valence-electron chi connectivity index (χ4n) is 1.89. The van der Waals surface area contributed by atoms with Crippen LogP contribution < -0.4 is 11.1 Å². The van der Waals surface area contributed by atoms with Crippen molar-refractivity contribution in [2.24, 2.45) is 0 Å². The highest BCUT2D eigenvalue weighted by Gasteiger charge is 2.17. The van der Waals surface area contributed by atoms with Gasteiger partial charge in [0, 0.05) is 0 Å². The minimum atomic E-state index is -1.000. The van der Waals surface area contributed by atoms with E-state index in [1.807, 2.05) is 6.07 Å². The van der Waals surface area contributed by atoms with Crippen molar-refractivity contribution in [1.82, 2.24) is 0 Å². The van der Waals surface area contributed by atoms with Crippen LogP contribution in [-0.2, 0) is 0 Å². The lowest BCUT2D eigenvalue weighted by atomic mass is 10.1. The Morgan fingerprint density at radius 1 is 1.33 bits per heavy atom. The molecule has 0 aliphatic heterocycles. The van der Waals surface area contributed by atoms with Gasteiger partial charge in [-0.25, -0.2) is 8.78 Å². The fraction of sp³-hybridized carbons (Fsp3) is 0.0667. The number of aryl methyl sites for hydroxylation is 1. The molecule has 0 aromatic heterocycles. The van der Waals surface area contributed by atoms with Crippen LogP contribution in [0.15, 0.2) is 30.3 Å². The molecule has 0 spiro atoms. The molecule has 0 aliphatic rings. The maximum Gasteiger partial charge on any atom is 0.258 e. The number of nitrogen functional groups attached to an aromatic ring is 1. The zero-order chi connectivity index (χ0) is 15.6. The molecule has 6 heteroatoms. The first-order valence-electron chi connectivity index (χ1n) is 5.99. The number of nitrogens with zero attached hydrogens (tertiary/aromatic N) is 1. The van der Waals surface area contributed by atoms with Crippen molar-refractivity contribution in [2.45, 2.75) is 6.92 Å². The normalized spacial score (nSPS) is 10.0. The van der Waals surface area contributed by atoms with Crippen molar-refractivity contribution in [1.29, 1.82) is 5.26 Å². The molecule has 0 bridgehead atoms. The summed E-state index contributed by atoms with van der Waals surface area (Å²) < 4.78 is 27.0. The Morgan fingerprint density at radius 3 is 2.71 bits per heavy atom. The first-order valence-corrected chi connectivity index (χ1v) is 5.99. The number of hydrogen-bond acceptors (Lipinski definition) is 3. The van der Waals surface area contributed by atoms with E-state index in [1.54, 1.807) is 19.1 Å². The second kappa shape index (κ2) is 5.59. The number of carbonyl (C=O) groups is 1. The largest absolute Gasteiger partial charge is 0.396 e. The maximum atomic E-state index is 13.8. The van der Waals surface area contributed by atoms with E-state index in [0.717, 1.165) is 12.1 Å². The van der Waals surface area contributed by atoms with Gasteiger partial charge in [-0.1, -0.05) is 12.1 Å². The third kappa shape index (κ3) is 2.82. The summed E-state index contributed by atoms with van der Waals surface area (Å²) in [6, 6.07) is 8.34. The predicted octanol–water partition coefficient (Wildman–Crippen LogP) is 2.98. The average Bonchev–Trinajstić information content (AvgIpc) is 2.43. The van der Waals surface area contributed by atoms with Crippen LogP contribution in [0.4, 0.5) is 20.2 Å². The molecule has 0 saturated carbocycles. The third-order valence-corrected chi connectivity index (χ3v) is 2.94. The van der Waals surface area contributed by atoms with Gasteiger partial charge in [0.1, 0.15) is 11.9 Å². The van der Waals surface area contributed by atoms with Gasteiger partial charge < -0.3 is 11.1 Å². The van der Waals surface area contributed by atoms with Gasteiger partial charge in [-0.3, -0.25) is 4.79 Å². The number of nitriles is 1. The SMILES string of the molecule is Cc1cccc(NC(=O)c2cc(F)cc(N)c2F)c1C#N. The van der Waals surface area contributed by atoms with E-state index in [4.69, 9.17) is 11.0 Å². The number of benzene rings is 2. The van der Waals surface area contributed by atoms with Crippen LogP contribution in [-0.4, -0.2) is 5.91 Å². The number of nitrogens with one attached hydrogen (secondary N) is 1. The van der Waals surface area contributed by atoms with E-state index >= 15 is 0 Å². The molecule has 0 heterocycles. The van der Waals surface area contributed by atoms with Crippen molar-refractivity contribution >= 4 is 17.3 Å². The van der Waals surface area contributed by atoms with E-state index < -0.39 is 28.8 Å². The van der Waals surface area contributed by atoms with Crippen molar-refractivity contribution in [3.05, 3.63) is 58.7 Å². The van der Waals surface area contributed by atoms with Gasteiger partial charge in [0.05, 0.1) is 22.5 Å². The van der Waals surface area contributed by atoms with Crippen LogP contribution >= 0.6 is 0 Å². The summed E-state index contributed by atoms with van der Waals surface area (Å²) >= 11 is 0. The Balaban J connectivity index is 2.40. The van der Waals surface area contributed by atoms with Gasteiger partial charge >= 0.3 is 0 Å². The van der Waals surface area contributed by atoms with Gasteiger partial charge in [0.2, 0.25) is 0 Å². The molecule has 3 N–H and O–H groups in total. The Hall–Kier alpha value is -2.94. The summed E-state index contributed by atoms with van der Waals surface area (Å²) in [5.41, 5.74) is 5.46. The molecular formula is C15H11F2N3O. The van der Waals surface area contributed by atoms with Crippen LogP contribution in [0.2, 0.25) is 0 Å². The minimum absolute atomic E-state index is 0.227. The van der Waals surface area contributed by atoms with E-state index in [9.17, 15) is 13.6 Å². The zero-order valence-corrected chi connectivity index (χ0v) is 11.1. The van der Waals surface area contributed by atoms with Gasteiger partial charge in [0.15, 0.2) is 5.82 Å². The molecule has 1 amide bonds. The van der Waals surface area contributed by atoms with Crippen LogP contribution in [0, 0.1) is 29.9 Å². The lowest BCUT2D eigenvalue weighted by molar-refractivity contribution is 0.102. The molecule has 2 aromatic carbocycles. The third-order valence-electron chi connectivity index (χ3n) is 2.94. The van der Waals surface area contributed by atoms with Gasteiger partial charge in [-0.2, -0.15) is 5.26 Å². The minimum Gasteiger partial charge on any atom is -0.396 e. The summed E-state index contributed by atoms with van der Waals surface area (Å²) in [5.74, 6) is -2.69. The Bertz CT molecular complexity index is 766.